The molecule has 0 heterocycles. The summed E-state index contributed by atoms with van der Waals surface area (Å²) in [4.78, 5) is 25.6. The second-order valence-corrected chi connectivity index (χ2v) is 19.9. The number of hydrogen-bond donors (Lipinski definition) is 0. The summed E-state index contributed by atoms with van der Waals surface area (Å²) < 4.78 is 17.5. The number of esters is 2. The predicted octanol–water partition coefficient (Wildman–Crippen LogP) is 21.1. The third-order valence-corrected chi connectivity index (χ3v) is 12.8. The second-order valence-electron chi connectivity index (χ2n) is 19.9. The quantitative estimate of drug-likeness (QED) is 0.0345. The Hall–Kier alpha value is -3.44. The van der Waals surface area contributed by atoms with Gasteiger partial charge in [0.25, 0.3) is 0 Å². The van der Waals surface area contributed by atoms with Gasteiger partial charge >= 0.3 is 11.9 Å². The topological polar surface area (TPSA) is 61.8 Å². The van der Waals surface area contributed by atoms with Gasteiger partial charge in [-0.15, -0.1) is 0 Å². The Kier molecular flexibility index (Phi) is 58.9. The van der Waals surface area contributed by atoms with Crippen LogP contribution in [0, 0.1) is 0 Å². The highest BCUT2D eigenvalue weighted by Crippen LogP contribution is 2.14. The molecule has 0 aliphatic carbocycles. The van der Waals surface area contributed by atoms with Gasteiger partial charge in [-0.2, -0.15) is 0 Å². The standard InChI is InChI=1S/C67H114O5/c1-4-7-10-13-16-19-22-25-28-31-33-35-38-41-44-47-50-53-56-59-62-70-63-65(72-67(69)61-58-55-52-49-46-43-40-36-30-27-24-21-18-15-12-9-6-3)64-71-66(68)60-57-54-51-48-45-42-39-37-34-32-29-26-23-20-17-14-11-8-5-2/h8,11,16-17,19-20,25-30,33-35,37,42,45,65H,4-7,9-10,12-15,18,21-24,31-32,36,38-41,43-44,46-64H2,1-3H3/b11-8-,19-16-,20-17-,28-25-,29-26-,30-27-,35-33-,37-34-,45-42-. The molecule has 0 saturated carbocycles. The largest absolute Gasteiger partial charge is 0.462 e. The summed E-state index contributed by atoms with van der Waals surface area (Å²) in [7, 11) is 0. The fourth-order valence-corrected chi connectivity index (χ4v) is 8.24. The normalized spacial score (nSPS) is 13.0. The van der Waals surface area contributed by atoms with Gasteiger partial charge in [0.05, 0.1) is 6.61 Å². The van der Waals surface area contributed by atoms with E-state index in [4.69, 9.17) is 14.2 Å². The lowest BCUT2D eigenvalue weighted by Gasteiger charge is -2.18. The number of carbonyl (C=O) groups is 2. The lowest BCUT2D eigenvalue weighted by molar-refractivity contribution is -0.163. The monoisotopic (exact) mass is 999 g/mol. The molecule has 0 aliphatic heterocycles. The van der Waals surface area contributed by atoms with Crippen LogP contribution in [-0.2, 0) is 23.8 Å². The van der Waals surface area contributed by atoms with Crippen molar-refractivity contribution in [2.45, 2.75) is 284 Å². The molecule has 0 N–H and O–H groups in total. The van der Waals surface area contributed by atoms with Crippen molar-refractivity contribution in [2.75, 3.05) is 19.8 Å². The Morgan fingerprint density at radius 2 is 0.625 bits per heavy atom. The predicted molar refractivity (Wildman–Crippen MR) is 316 cm³/mol. The molecule has 0 amide bonds. The molecule has 0 spiro atoms. The van der Waals surface area contributed by atoms with Crippen molar-refractivity contribution in [1.82, 2.24) is 0 Å². The first kappa shape index (κ1) is 68.6. The summed E-state index contributed by atoms with van der Waals surface area (Å²) in [6, 6.07) is 0. The maximum Gasteiger partial charge on any atom is 0.306 e. The van der Waals surface area contributed by atoms with Gasteiger partial charge in [0.1, 0.15) is 6.61 Å². The van der Waals surface area contributed by atoms with Crippen molar-refractivity contribution in [3.8, 4) is 0 Å². The number of unbranched alkanes of at least 4 members (excludes halogenated alkanes) is 26. The Labute approximate surface area is 446 Å². The van der Waals surface area contributed by atoms with Crippen LogP contribution >= 0.6 is 0 Å². The Morgan fingerprint density at radius 3 is 1.06 bits per heavy atom. The van der Waals surface area contributed by atoms with E-state index >= 15 is 0 Å². The third kappa shape index (κ3) is 59.1. The number of rotatable bonds is 55. The van der Waals surface area contributed by atoms with Gasteiger partial charge in [-0.05, 0) is 128 Å². The fraction of sp³-hybridized carbons (Fsp3) is 0.701. The molecule has 1 unspecified atom stereocenters. The van der Waals surface area contributed by atoms with Crippen LogP contribution in [0.3, 0.4) is 0 Å². The fourth-order valence-electron chi connectivity index (χ4n) is 8.24. The van der Waals surface area contributed by atoms with Gasteiger partial charge in [0, 0.05) is 19.4 Å². The van der Waals surface area contributed by atoms with E-state index in [1.807, 2.05) is 0 Å². The Balaban J connectivity index is 4.38. The van der Waals surface area contributed by atoms with Crippen LogP contribution in [0.2, 0.25) is 0 Å². The van der Waals surface area contributed by atoms with Crippen LogP contribution in [-0.4, -0.2) is 37.9 Å². The molecular weight excluding hydrogens is 885 g/mol. The van der Waals surface area contributed by atoms with Gasteiger partial charge in [0.15, 0.2) is 6.10 Å². The maximum absolute atomic E-state index is 12.9. The number of allylic oxidation sites excluding steroid dienone is 18. The summed E-state index contributed by atoms with van der Waals surface area (Å²) >= 11 is 0. The Morgan fingerprint density at radius 1 is 0.319 bits per heavy atom. The first-order valence-electron chi connectivity index (χ1n) is 30.4. The van der Waals surface area contributed by atoms with Gasteiger partial charge in [-0.1, -0.05) is 246 Å². The zero-order valence-electron chi connectivity index (χ0n) is 47.4. The molecule has 1 atom stereocenters. The lowest BCUT2D eigenvalue weighted by Crippen LogP contribution is -2.30. The molecule has 0 aromatic carbocycles. The van der Waals surface area contributed by atoms with E-state index in [-0.39, 0.29) is 25.2 Å². The van der Waals surface area contributed by atoms with Gasteiger partial charge < -0.3 is 14.2 Å². The first-order chi connectivity index (χ1) is 35.6. The van der Waals surface area contributed by atoms with E-state index in [9.17, 15) is 9.59 Å². The number of ether oxygens (including phenoxy) is 3. The second kappa shape index (κ2) is 61.9. The minimum Gasteiger partial charge on any atom is -0.462 e. The van der Waals surface area contributed by atoms with E-state index in [1.54, 1.807) is 0 Å². The van der Waals surface area contributed by atoms with Gasteiger partial charge in [-0.3, -0.25) is 9.59 Å². The van der Waals surface area contributed by atoms with Crippen molar-refractivity contribution in [3.05, 3.63) is 109 Å². The molecule has 0 fully saturated rings. The SMILES string of the molecule is CC/C=C\C/C=C\C/C=C\C/C=C\C/C=C\CCCCCC(=O)OCC(COCCCCCCCCC/C=C\C/C=C\C/C=C\CCCCC)OC(=O)CCCCCCCCC/C=C\CCCCCCCC. The summed E-state index contributed by atoms with van der Waals surface area (Å²) in [5.74, 6) is -0.443. The van der Waals surface area contributed by atoms with Crippen molar-refractivity contribution in [1.29, 1.82) is 0 Å². The molecule has 0 rings (SSSR count). The molecule has 5 heteroatoms. The van der Waals surface area contributed by atoms with E-state index in [0.29, 0.717) is 19.4 Å². The molecule has 0 aromatic heterocycles. The number of carbonyl (C=O) groups excluding carboxylic acids is 2. The molecule has 0 bridgehead atoms. The highest BCUT2D eigenvalue weighted by molar-refractivity contribution is 5.70. The first-order valence-corrected chi connectivity index (χ1v) is 30.4. The zero-order chi connectivity index (χ0) is 52.0. The summed E-state index contributed by atoms with van der Waals surface area (Å²) in [6.45, 7) is 7.64. The van der Waals surface area contributed by atoms with Gasteiger partial charge in [-0.25, -0.2) is 0 Å². The Bertz CT molecular complexity index is 1410. The minimum absolute atomic E-state index is 0.0571. The molecule has 5 nitrogen and oxygen atoms in total. The third-order valence-electron chi connectivity index (χ3n) is 12.8. The molecule has 412 valence electrons. The van der Waals surface area contributed by atoms with E-state index in [1.165, 1.54) is 141 Å². The molecule has 72 heavy (non-hydrogen) atoms. The summed E-state index contributed by atoms with van der Waals surface area (Å²) in [5, 5.41) is 0. The molecule has 0 aromatic rings. The average molecular weight is 1000 g/mol. The van der Waals surface area contributed by atoms with Crippen LogP contribution < -0.4 is 0 Å². The van der Waals surface area contributed by atoms with Crippen molar-refractivity contribution < 1.29 is 23.8 Å². The number of hydrogen-bond acceptors (Lipinski definition) is 5. The highest BCUT2D eigenvalue weighted by Gasteiger charge is 2.17. The van der Waals surface area contributed by atoms with Crippen molar-refractivity contribution in [3.63, 3.8) is 0 Å². The average Bonchev–Trinajstić information content (AvgIpc) is 3.38. The minimum atomic E-state index is -0.566. The van der Waals surface area contributed by atoms with E-state index in [0.717, 1.165) is 103 Å². The van der Waals surface area contributed by atoms with Crippen LogP contribution in [0.5, 0.6) is 0 Å². The summed E-state index contributed by atoms with van der Waals surface area (Å²) in [5.41, 5.74) is 0. The maximum atomic E-state index is 12.9. The smallest absolute Gasteiger partial charge is 0.306 e. The van der Waals surface area contributed by atoms with Crippen LogP contribution in [0.25, 0.3) is 0 Å². The van der Waals surface area contributed by atoms with E-state index < -0.39 is 6.10 Å². The molecule has 0 radical (unpaired) electrons. The van der Waals surface area contributed by atoms with Crippen LogP contribution in [0.15, 0.2) is 109 Å². The van der Waals surface area contributed by atoms with Crippen LogP contribution in [0.4, 0.5) is 0 Å². The molecule has 0 saturated heterocycles. The van der Waals surface area contributed by atoms with Crippen molar-refractivity contribution in [2.24, 2.45) is 0 Å². The van der Waals surface area contributed by atoms with Gasteiger partial charge in [0.2, 0.25) is 0 Å². The highest BCUT2D eigenvalue weighted by atomic mass is 16.6. The zero-order valence-corrected chi connectivity index (χ0v) is 47.4. The van der Waals surface area contributed by atoms with Crippen LogP contribution in [0.1, 0.15) is 278 Å². The van der Waals surface area contributed by atoms with Crippen molar-refractivity contribution >= 4 is 11.9 Å². The summed E-state index contributed by atoms with van der Waals surface area (Å²) in [6.07, 6.45) is 85.4. The molecule has 0 aliphatic rings. The lowest BCUT2D eigenvalue weighted by atomic mass is 10.1. The molecular formula is C67H114O5. The van der Waals surface area contributed by atoms with E-state index in [2.05, 4.69) is 130 Å².